The van der Waals surface area contributed by atoms with Gasteiger partial charge in [0.25, 0.3) is 0 Å². The Bertz CT molecular complexity index is 2450. The van der Waals surface area contributed by atoms with Crippen LogP contribution in [-0.4, -0.2) is 98.4 Å². The van der Waals surface area contributed by atoms with E-state index >= 15 is 0 Å². The van der Waals surface area contributed by atoms with E-state index < -0.39 is 0 Å². The van der Waals surface area contributed by atoms with Crippen molar-refractivity contribution < 1.29 is 10.2 Å². The van der Waals surface area contributed by atoms with Crippen LogP contribution in [0.1, 0.15) is 64.3 Å². The minimum absolute atomic E-state index is 0.0754. The van der Waals surface area contributed by atoms with Crippen molar-refractivity contribution in [2.24, 2.45) is 20.5 Å². The highest BCUT2D eigenvalue weighted by Gasteiger charge is 2.20. The predicted octanol–water partition coefficient (Wildman–Crippen LogP) is 10.2. The SMILES string of the molecule is CC.CC.CCN1CCN(c2nc(C)nc(Nc3cccc4cc(C)c(N=NC)c(O)c34)n2)CC1.CCNc1nc(C)nc(Nc2cccc3cc(C)c(N=NC)c(O)c23)n1. The van der Waals surface area contributed by atoms with E-state index in [0.717, 1.165) is 54.6 Å². The van der Waals surface area contributed by atoms with Crippen molar-refractivity contribution in [3.63, 3.8) is 0 Å². The maximum absolute atomic E-state index is 10.9. The molecule has 17 nitrogen and oxygen atoms in total. The molecule has 1 aliphatic rings. The van der Waals surface area contributed by atoms with Gasteiger partial charge in [-0.3, -0.25) is 0 Å². The van der Waals surface area contributed by atoms with Crippen LogP contribution in [0.3, 0.4) is 0 Å². The van der Waals surface area contributed by atoms with Gasteiger partial charge in [-0.25, -0.2) is 0 Å². The lowest BCUT2D eigenvalue weighted by atomic mass is 10.0. The van der Waals surface area contributed by atoms with Crippen molar-refractivity contribution >= 4 is 68.1 Å². The molecule has 324 valence electrons. The number of nitrogens with zero attached hydrogens (tertiary/aromatic N) is 12. The molecule has 0 amide bonds. The Morgan fingerprint density at radius 1 is 0.607 bits per heavy atom. The number of aromatic hydroxyl groups is 2. The summed E-state index contributed by atoms with van der Waals surface area (Å²) in [5, 5.41) is 50.1. The smallest absolute Gasteiger partial charge is 0.232 e. The highest BCUT2D eigenvalue weighted by Crippen LogP contribution is 2.43. The van der Waals surface area contributed by atoms with Gasteiger partial charge in [-0.1, -0.05) is 58.9 Å². The van der Waals surface area contributed by atoms with Crippen LogP contribution in [-0.2, 0) is 0 Å². The van der Waals surface area contributed by atoms with Crippen LogP contribution >= 0.6 is 0 Å². The number of nitrogens with one attached hydrogen (secondary N) is 3. The highest BCUT2D eigenvalue weighted by atomic mass is 16.3. The summed E-state index contributed by atoms with van der Waals surface area (Å²) in [4.78, 5) is 31.2. The first-order valence-electron chi connectivity index (χ1n) is 20.8. The monoisotopic (exact) mass is 832 g/mol. The molecular weight excluding hydrogens is 771 g/mol. The van der Waals surface area contributed by atoms with Crippen LogP contribution in [0.4, 0.5) is 46.5 Å². The molecule has 0 unspecified atom stereocenters. The maximum Gasteiger partial charge on any atom is 0.232 e. The average molecular weight is 832 g/mol. The molecule has 0 aliphatic carbocycles. The fourth-order valence-electron chi connectivity index (χ4n) is 6.73. The van der Waals surface area contributed by atoms with E-state index in [2.05, 4.69) is 83.0 Å². The lowest BCUT2D eigenvalue weighted by Gasteiger charge is -2.34. The molecule has 2 aromatic heterocycles. The summed E-state index contributed by atoms with van der Waals surface area (Å²) in [7, 11) is 3.16. The summed E-state index contributed by atoms with van der Waals surface area (Å²) in [6.45, 7) is 25.1. The molecule has 0 radical (unpaired) electrons. The summed E-state index contributed by atoms with van der Waals surface area (Å²) >= 11 is 0. The topological polar surface area (TPSA) is 210 Å². The number of fused-ring (bicyclic) bond motifs is 2. The molecule has 61 heavy (non-hydrogen) atoms. The van der Waals surface area contributed by atoms with Crippen molar-refractivity contribution in [3.8, 4) is 11.5 Å². The number of phenols is 2. The number of azo groups is 2. The maximum atomic E-state index is 10.9. The number of anilines is 6. The molecule has 7 rings (SSSR count). The van der Waals surface area contributed by atoms with Gasteiger partial charge in [0.2, 0.25) is 23.8 Å². The minimum atomic E-state index is 0.0754. The quantitative estimate of drug-likeness (QED) is 0.0815. The number of piperazine rings is 1. The van der Waals surface area contributed by atoms with Crippen LogP contribution < -0.4 is 20.9 Å². The zero-order valence-corrected chi connectivity index (χ0v) is 37.6. The molecule has 1 saturated heterocycles. The van der Waals surface area contributed by atoms with E-state index in [4.69, 9.17) is 0 Å². The highest BCUT2D eigenvalue weighted by molar-refractivity contribution is 6.04. The van der Waals surface area contributed by atoms with Gasteiger partial charge in [0.05, 0.1) is 11.4 Å². The first kappa shape index (κ1) is 47.1. The molecule has 0 bridgehead atoms. The van der Waals surface area contributed by atoms with E-state index in [-0.39, 0.29) is 11.5 Å². The molecule has 0 spiro atoms. The van der Waals surface area contributed by atoms with E-state index in [9.17, 15) is 10.2 Å². The molecule has 6 aromatic rings. The number of hydrogen-bond acceptors (Lipinski definition) is 17. The third-order valence-electron chi connectivity index (χ3n) is 9.42. The van der Waals surface area contributed by atoms with Gasteiger partial charge in [0.1, 0.15) is 23.0 Å². The van der Waals surface area contributed by atoms with Crippen molar-refractivity contribution in [2.75, 3.05) is 74.2 Å². The normalized spacial score (nSPS) is 12.7. The van der Waals surface area contributed by atoms with Gasteiger partial charge in [0, 0.05) is 57.6 Å². The second-order valence-corrected chi connectivity index (χ2v) is 13.4. The predicted molar refractivity (Wildman–Crippen MR) is 248 cm³/mol. The second kappa shape index (κ2) is 22.7. The summed E-state index contributed by atoms with van der Waals surface area (Å²) in [5.74, 6) is 3.43. The molecule has 17 heteroatoms. The molecule has 4 aromatic carbocycles. The van der Waals surface area contributed by atoms with Crippen molar-refractivity contribution in [1.82, 2.24) is 34.8 Å². The molecular formula is C44H61N15O2. The Kier molecular flexibility index (Phi) is 17.5. The average Bonchev–Trinajstić information content (AvgIpc) is 3.25. The number of aryl methyl sites for hydroxylation is 4. The van der Waals surface area contributed by atoms with Crippen LogP contribution in [0, 0.1) is 27.7 Å². The summed E-state index contributed by atoms with van der Waals surface area (Å²) < 4.78 is 0. The van der Waals surface area contributed by atoms with Crippen LogP contribution in [0.25, 0.3) is 21.5 Å². The van der Waals surface area contributed by atoms with Crippen molar-refractivity contribution in [2.45, 2.75) is 69.2 Å². The van der Waals surface area contributed by atoms with Crippen LogP contribution in [0.5, 0.6) is 11.5 Å². The Morgan fingerprint density at radius 3 is 1.52 bits per heavy atom. The lowest BCUT2D eigenvalue weighted by molar-refractivity contribution is 0.270. The second-order valence-electron chi connectivity index (χ2n) is 13.4. The third-order valence-corrected chi connectivity index (χ3v) is 9.42. The summed E-state index contributed by atoms with van der Waals surface area (Å²) in [6, 6.07) is 15.4. The van der Waals surface area contributed by atoms with Gasteiger partial charge < -0.3 is 36.0 Å². The molecule has 1 aliphatic heterocycles. The van der Waals surface area contributed by atoms with Crippen molar-refractivity contribution in [1.29, 1.82) is 0 Å². The number of rotatable bonds is 10. The number of likely N-dealkylation sites (N-methyl/N-ethyl adjacent to an activating group) is 1. The molecule has 0 atom stereocenters. The Morgan fingerprint density at radius 2 is 1.07 bits per heavy atom. The van der Waals surface area contributed by atoms with E-state index in [1.54, 1.807) is 21.0 Å². The third kappa shape index (κ3) is 11.6. The first-order chi connectivity index (χ1) is 29.5. The first-order valence-corrected chi connectivity index (χ1v) is 20.8. The Labute approximate surface area is 359 Å². The minimum Gasteiger partial charge on any atom is -0.505 e. The molecule has 1 fully saturated rings. The standard InChI is InChI=1S/C22H28N8O.C18H21N7O.2C2H6/c1-5-29-9-11-30(12-10-29)22-25-15(3)24-21(27-22)26-17-8-6-7-16-13-14(2)19(28-23-4)20(31)18(16)17;1-5-20-17-21-11(3)22-18(24-17)23-13-8-6-7-12-9-10(2)15(25-19-4)16(26)14(12)13;2*1-2/h6-8,13,31H,5,9-12H2,1-4H3,(H,24,25,26,27);6-9,26H,5H2,1-4H3,(H2,20,21,22,23,24);2*1-2H3. The van der Waals surface area contributed by atoms with E-state index in [1.165, 1.54) is 0 Å². The van der Waals surface area contributed by atoms with Gasteiger partial charge in [-0.2, -0.15) is 50.4 Å². The zero-order chi connectivity index (χ0) is 44.6. The van der Waals surface area contributed by atoms with Crippen LogP contribution in [0.2, 0.25) is 0 Å². The lowest BCUT2D eigenvalue weighted by Crippen LogP contribution is -2.46. The van der Waals surface area contributed by atoms with Crippen LogP contribution in [0.15, 0.2) is 69.0 Å². The number of aromatic nitrogens is 6. The van der Waals surface area contributed by atoms with Gasteiger partial charge in [-0.05, 0) is 87.3 Å². The number of benzene rings is 4. The Hall–Kier alpha value is -6.62. The van der Waals surface area contributed by atoms with Gasteiger partial charge >= 0.3 is 0 Å². The Balaban J connectivity index is 0.000000252. The molecule has 5 N–H and O–H groups in total. The van der Waals surface area contributed by atoms with E-state index in [1.807, 2.05) is 104 Å². The molecule has 0 saturated carbocycles. The fourth-order valence-corrected chi connectivity index (χ4v) is 6.73. The summed E-state index contributed by atoms with van der Waals surface area (Å²) in [6.07, 6.45) is 0. The van der Waals surface area contributed by atoms with E-state index in [0.29, 0.717) is 75.5 Å². The largest absolute Gasteiger partial charge is 0.505 e. The van der Waals surface area contributed by atoms with Crippen molar-refractivity contribution in [3.05, 3.63) is 71.3 Å². The zero-order valence-electron chi connectivity index (χ0n) is 37.6. The van der Waals surface area contributed by atoms with Gasteiger partial charge in [0.15, 0.2) is 11.5 Å². The summed E-state index contributed by atoms with van der Waals surface area (Å²) in [5.41, 5.74) is 4.01. The number of hydrogen-bond donors (Lipinski definition) is 5. The molecule has 3 heterocycles. The van der Waals surface area contributed by atoms with Gasteiger partial charge in [-0.15, -0.1) is 0 Å². The number of phenolic OH excluding ortho intramolecular Hbond substituents is 2. The fraction of sp³-hybridized carbons (Fsp3) is 0.409.